The average molecular weight is 407 g/mol. The van der Waals surface area contributed by atoms with E-state index in [-0.39, 0.29) is 19.2 Å². The maximum atomic E-state index is 12.4. The lowest BCUT2D eigenvalue weighted by Gasteiger charge is -2.28. The second-order valence-electron chi connectivity index (χ2n) is 7.24. The van der Waals surface area contributed by atoms with E-state index >= 15 is 0 Å². The van der Waals surface area contributed by atoms with Gasteiger partial charge in [-0.3, -0.25) is 0 Å². The largest absolute Gasteiger partial charge is 0.487 e. The number of rotatable bonds is 6. The first-order valence-corrected chi connectivity index (χ1v) is 10.3. The van der Waals surface area contributed by atoms with Crippen LogP contribution in [0.2, 0.25) is 5.02 Å². The molecular weight excluding hydrogens is 380 g/mol. The van der Waals surface area contributed by atoms with Crippen LogP contribution in [0.25, 0.3) is 0 Å². The third kappa shape index (κ3) is 4.79. The summed E-state index contributed by atoms with van der Waals surface area (Å²) < 4.78 is 11.2. The molecule has 3 rings (SSSR count). The molecule has 1 saturated carbocycles. The Morgan fingerprint density at radius 3 is 2.71 bits per heavy atom. The van der Waals surface area contributed by atoms with E-state index in [2.05, 4.69) is 10.6 Å². The highest BCUT2D eigenvalue weighted by Gasteiger charge is 2.30. The Bertz CT molecular complexity index is 772. The average Bonchev–Trinajstić information content (AvgIpc) is 2.67. The number of benzene rings is 1. The van der Waals surface area contributed by atoms with Crippen molar-refractivity contribution in [1.29, 1.82) is 0 Å². The summed E-state index contributed by atoms with van der Waals surface area (Å²) in [6.07, 6.45) is 5.90. The Kier molecular flexibility index (Phi) is 6.83. The van der Waals surface area contributed by atoms with Gasteiger partial charge in [-0.25, -0.2) is 9.59 Å². The summed E-state index contributed by atoms with van der Waals surface area (Å²) in [5.74, 6) is 0.708. The van der Waals surface area contributed by atoms with Crippen molar-refractivity contribution in [2.24, 2.45) is 0 Å². The number of carbonyl (C=O) groups excluding carboxylic acids is 2. The van der Waals surface area contributed by atoms with Crippen molar-refractivity contribution in [3.63, 3.8) is 0 Å². The van der Waals surface area contributed by atoms with Crippen LogP contribution >= 0.6 is 11.6 Å². The molecule has 1 atom stereocenters. The fourth-order valence-corrected chi connectivity index (χ4v) is 4.11. The number of ether oxygens (including phenoxy) is 2. The van der Waals surface area contributed by atoms with Gasteiger partial charge in [0, 0.05) is 5.02 Å². The highest BCUT2D eigenvalue weighted by molar-refractivity contribution is 6.30. The van der Waals surface area contributed by atoms with E-state index in [0.717, 1.165) is 24.2 Å². The normalized spacial score (nSPS) is 20.4. The molecule has 1 aliphatic carbocycles. The molecular formula is C21H27ClN2O4. The smallest absolute Gasteiger partial charge is 0.338 e. The van der Waals surface area contributed by atoms with Crippen LogP contribution in [0, 0.1) is 0 Å². The minimum absolute atomic E-state index is 0.0766. The summed E-state index contributed by atoms with van der Waals surface area (Å²) in [5, 5.41) is 6.06. The first-order chi connectivity index (χ1) is 13.5. The molecule has 6 nitrogen and oxygen atoms in total. The molecule has 1 aliphatic heterocycles. The molecule has 1 aromatic rings. The Labute approximate surface area is 170 Å². The molecule has 2 amide bonds. The van der Waals surface area contributed by atoms with Gasteiger partial charge in [-0.2, -0.15) is 0 Å². The fraction of sp³-hybridized carbons (Fsp3) is 0.524. The van der Waals surface area contributed by atoms with Crippen molar-refractivity contribution in [2.75, 3.05) is 13.2 Å². The zero-order chi connectivity index (χ0) is 20.1. The molecule has 2 aliphatic rings. The van der Waals surface area contributed by atoms with Crippen molar-refractivity contribution >= 4 is 23.6 Å². The third-order valence-corrected chi connectivity index (χ3v) is 5.49. The van der Waals surface area contributed by atoms with Gasteiger partial charge in [0.25, 0.3) is 0 Å². The predicted octanol–water partition coefficient (Wildman–Crippen LogP) is 4.29. The quantitative estimate of drug-likeness (QED) is 0.691. The maximum Gasteiger partial charge on any atom is 0.338 e. The van der Waals surface area contributed by atoms with Crippen molar-refractivity contribution in [2.45, 2.75) is 57.9 Å². The first kappa shape index (κ1) is 20.5. The van der Waals surface area contributed by atoms with Crippen LogP contribution in [0.4, 0.5) is 4.79 Å². The van der Waals surface area contributed by atoms with E-state index in [1.54, 1.807) is 19.9 Å². The van der Waals surface area contributed by atoms with Gasteiger partial charge in [0.15, 0.2) is 0 Å². The summed E-state index contributed by atoms with van der Waals surface area (Å²) in [5.41, 5.74) is 1.91. The third-order valence-electron chi connectivity index (χ3n) is 5.25. The Morgan fingerprint density at radius 1 is 1.25 bits per heavy atom. The summed E-state index contributed by atoms with van der Waals surface area (Å²) in [6, 6.07) is 4.82. The van der Waals surface area contributed by atoms with E-state index < -0.39 is 12.0 Å². The molecule has 2 N–H and O–H groups in total. The van der Waals surface area contributed by atoms with Crippen LogP contribution in [-0.4, -0.2) is 31.3 Å². The number of esters is 1. The monoisotopic (exact) mass is 406 g/mol. The van der Waals surface area contributed by atoms with Crippen LogP contribution in [0.1, 0.15) is 57.4 Å². The minimum atomic E-state index is -0.454. The van der Waals surface area contributed by atoms with Crippen molar-refractivity contribution < 1.29 is 19.1 Å². The summed E-state index contributed by atoms with van der Waals surface area (Å²) in [6.45, 7) is 3.84. The number of halogens is 1. The van der Waals surface area contributed by atoms with Crippen LogP contribution < -0.4 is 15.4 Å². The minimum Gasteiger partial charge on any atom is -0.487 e. The molecule has 152 valence electrons. The van der Waals surface area contributed by atoms with Gasteiger partial charge in [-0.05, 0) is 56.4 Å². The predicted molar refractivity (Wildman–Crippen MR) is 108 cm³/mol. The van der Waals surface area contributed by atoms with Gasteiger partial charge in [-0.15, -0.1) is 0 Å². The van der Waals surface area contributed by atoms with Crippen molar-refractivity contribution in [3.05, 3.63) is 40.1 Å². The number of nitrogens with one attached hydrogen (secondary N) is 2. The lowest BCUT2D eigenvalue weighted by Crippen LogP contribution is -2.50. The van der Waals surface area contributed by atoms with Crippen LogP contribution in [0.3, 0.4) is 0 Å². The zero-order valence-corrected chi connectivity index (χ0v) is 17.1. The van der Waals surface area contributed by atoms with Gasteiger partial charge < -0.3 is 20.1 Å². The topological polar surface area (TPSA) is 76.7 Å². The number of hydrogen-bond acceptors (Lipinski definition) is 4. The number of amides is 2. The summed E-state index contributed by atoms with van der Waals surface area (Å²) >= 11 is 6.23. The van der Waals surface area contributed by atoms with Gasteiger partial charge in [0.2, 0.25) is 0 Å². The Hall–Kier alpha value is -2.21. The molecule has 28 heavy (non-hydrogen) atoms. The molecule has 0 aromatic heterocycles. The van der Waals surface area contributed by atoms with Gasteiger partial charge >= 0.3 is 12.0 Å². The molecule has 0 spiro atoms. The van der Waals surface area contributed by atoms with Crippen LogP contribution in [0.15, 0.2) is 29.5 Å². The lowest BCUT2D eigenvalue weighted by molar-refractivity contribution is -0.139. The summed E-state index contributed by atoms with van der Waals surface area (Å²) in [7, 11) is 0. The Balaban J connectivity index is 1.84. The molecule has 1 fully saturated rings. The van der Waals surface area contributed by atoms with E-state index in [4.69, 9.17) is 21.1 Å². The van der Waals surface area contributed by atoms with Crippen LogP contribution in [-0.2, 0) is 9.53 Å². The molecule has 1 heterocycles. The second kappa shape index (κ2) is 9.32. The van der Waals surface area contributed by atoms with Gasteiger partial charge in [0.05, 0.1) is 23.9 Å². The van der Waals surface area contributed by atoms with Gasteiger partial charge in [-0.1, -0.05) is 30.9 Å². The molecule has 1 aromatic carbocycles. The Morgan fingerprint density at radius 2 is 2.00 bits per heavy atom. The molecule has 7 heteroatoms. The number of carbonyl (C=O) groups is 2. The van der Waals surface area contributed by atoms with E-state index in [0.29, 0.717) is 22.2 Å². The van der Waals surface area contributed by atoms with Crippen molar-refractivity contribution in [3.8, 4) is 5.75 Å². The fourth-order valence-electron chi connectivity index (χ4n) is 3.93. The van der Waals surface area contributed by atoms with Gasteiger partial charge in [0.1, 0.15) is 12.4 Å². The maximum absolute atomic E-state index is 12.4. The standard InChI is InChI=1S/C21H27ClN2O4/c1-3-27-20(25)19-13(2)23-21(26)24-17(19)12-28-18-10-9-15(22)11-16(18)14-7-5-4-6-8-14/h9-11,13-14H,3-8,12H2,1-2H3,(H2,23,24,26)/t13-/m1/s1. The number of hydrogen-bond donors (Lipinski definition) is 2. The van der Waals surface area contributed by atoms with Crippen molar-refractivity contribution in [1.82, 2.24) is 10.6 Å². The van der Waals surface area contributed by atoms with E-state index in [1.165, 1.54) is 19.3 Å². The second-order valence-corrected chi connectivity index (χ2v) is 7.68. The first-order valence-electron chi connectivity index (χ1n) is 9.89. The molecule has 0 bridgehead atoms. The summed E-state index contributed by atoms with van der Waals surface area (Å²) in [4.78, 5) is 24.3. The highest BCUT2D eigenvalue weighted by atomic mass is 35.5. The molecule has 0 radical (unpaired) electrons. The molecule has 0 saturated heterocycles. The molecule has 0 unspecified atom stereocenters. The van der Waals surface area contributed by atoms with E-state index in [9.17, 15) is 9.59 Å². The van der Waals surface area contributed by atoms with E-state index in [1.807, 2.05) is 12.1 Å². The highest BCUT2D eigenvalue weighted by Crippen LogP contribution is 2.39. The number of urea groups is 1. The lowest BCUT2D eigenvalue weighted by atomic mass is 9.84. The van der Waals surface area contributed by atoms with Crippen LogP contribution in [0.5, 0.6) is 5.75 Å². The SMILES string of the molecule is CCOC(=O)C1=C(COc2ccc(Cl)cc2C2CCCCC2)NC(=O)N[C@@H]1C. The zero-order valence-electron chi connectivity index (χ0n) is 16.3.